The zero-order valence-electron chi connectivity index (χ0n) is 10.6. The summed E-state index contributed by atoms with van der Waals surface area (Å²) in [5.41, 5.74) is 0.476. The topological polar surface area (TPSA) is 59.3 Å². The molecule has 0 radical (unpaired) electrons. The molecule has 100 valence electrons. The van der Waals surface area contributed by atoms with Gasteiger partial charge in [0.2, 0.25) is 0 Å². The van der Waals surface area contributed by atoms with Crippen molar-refractivity contribution in [3.63, 3.8) is 0 Å². The lowest BCUT2D eigenvalue weighted by atomic mass is 10.2. The van der Waals surface area contributed by atoms with Crippen LogP contribution < -0.4 is 9.47 Å². The monoisotopic (exact) mass is 271 g/mol. The highest BCUT2D eigenvalue weighted by molar-refractivity contribution is 5.91. The third-order valence-electron chi connectivity index (χ3n) is 2.56. The van der Waals surface area contributed by atoms with Gasteiger partial charge in [0.1, 0.15) is 5.82 Å². The molecule has 0 fully saturated rings. The number of ether oxygens (including phenoxy) is 2. The predicted octanol–water partition coefficient (Wildman–Crippen LogP) is 2.93. The average molecular weight is 271 g/mol. The molecule has 5 heteroatoms. The molecule has 2 aromatic rings. The fourth-order valence-corrected chi connectivity index (χ4v) is 1.60. The summed E-state index contributed by atoms with van der Waals surface area (Å²) in [6.45, 7) is 0. The van der Waals surface area contributed by atoms with Crippen molar-refractivity contribution < 1.29 is 18.7 Å². The van der Waals surface area contributed by atoms with Crippen molar-refractivity contribution in [2.45, 2.75) is 0 Å². The Morgan fingerprint density at radius 3 is 2.65 bits per heavy atom. The van der Waals surface area contributed by atoms with Crippen molar-refractivity contribution in [2.24, 2.45) is 0 Å². The third kappa shape index (κ3) is 2.93. The van der Waals surface area contributed by atoms with Crippen molar-refractivity contribution in [3.8, 4) is 17.6 Å². The Morgan fingerprint density at radius 1 is 1.20 bits per heavy atom. The van der Waals surface area contributed by atoms with E-state index in [1.165, 1.54) is 43.5 Å². The maximum atomic E-state index is 13.0. The van der Waals surface area contributed by atoms with Gasteiger partial charge in [0.15, 0.2) is 11.5 Å². The Hall–Kier alpha value is -2.87. The van der Waals surface area contributed by atoms with E-state index in [4.69, 9.17) is 14.7 Å². The van der Waals surface area contributed by atoms with Crippen LogP contribution in [-0.2, 0) is 0 Å². The first-order valence-corrected chi connectivity index (χ1v) is 5.70. The normalized spacial score (nSPS) is 9.65. The van der Waals surface area contributed by atoms with Gasteiger partial charge in [-0.3, -0.25) is 0 Å². The summed E-state index contributed by atoms with van der Waals surface area (Å²) >= 11 is 0. The number of hydrogen-bond donors (Lipinski definition) is 0. The van der Waals surface area contributed by atoms with E-state index in [9.17, 15) is 9.18 Å². The molecule has 0 unspecified atom stereocenters. The van der Waals surface area contributed by atoms with Crippen molar-refractivity contribution in [1.29, 1.82) is 5.26 Å². The molecule has 0 spiro atoms. The number of benzene rings is 2. The standard InChI is InChI=1S/C15H10FNO3/c1-19-14-7-10(9-17)5-6-13(14)20-15(18)11-3-2-4-12(16)8-11/h2-8H,1H3. The number of nitriles is 1. The maximum Gasteiger partial charge on any atom is 0.343 e. The molecule has 0 amide bonds. The van der Waals surface area contributed by atoms with Crippen molar-refractivity contribution in [2.75, 3.05) is 7.11 Å². The van der Waals surface area contributed by atoms with E-state index >= 15 is 0 Å². The minimum Gasteiger partial charge on any atom is -0.493 e. The molecule has 0 atom stereocenters. The van der Waals surface area contributed by atoms with Gasteiger partial charge in [0, 0.05) is 6.07 Å². The first-order chi connectivity index (χ1) is 9.63. The number of methoxy groups -OCH3 is 1. The van der Waals surface area contributed by atoms with Crippen LogP contribution in [-0.4, -0.2) is 13.1 Å². The van der Waals surface area contributed by atoms with Crippen LogP contribution in [0.5, 0.6) is 11.5 Å². The zero-order chi connectivity index (χ0) is 14.5. The molecule has 2 rings (SSSR count). The maximum absolute atomic E-state index is 13.0. The Balaban J connectivity index is 2.26. The quantitative estimate of drug-likeness (QED) is 0.636. The van der Waals surface area contributed by atoms with Crippen LogP contribution in [0.1, 0.15) is 15.9 Å². The highest BCUT2D eigenvalue weighted by Gasteiger charge is 2.13. The van der Waals surface area contributed by atoms with Gasteiger partial charge in [0.05, 0.1) is 24.3 Å². The van der Waals surface area contributed by atoms with Crippen LogP contribution in [0.2, 0.25) is 0 Å². The van der Waals surface area contributed by atoms with E-state index in [0.29, 0.717) is 5.56 Å². The molecule has 0 aliphatic rings. The molecule has 0 N–H and O–H groups in total. The van der Waals surface area contributed by atoms with Crippen molar-refractivity contribution in [1.82, 2.24) is 0 Å². The molecule has 0 saturated carbocycles. The first kappa shape index (κ1) is 13.6. The molecule has 0 heterocycles. The van der Waals surface area contributed by atoms with Crippen LogP contribution in [0.15, 0.2) is 42.5 Å². The molecule has 0 aliphatic heterocycles. The molecule has 0 bridgehead atoms. The van der Waals surface area contributed by atoms with E-state index in [2.05, 4.69) is 0 Å². The third-order valence-corrected chi connectivity index (χ3v) is 2.56. The fraction of sp³-hybridized carbons (Fsp3) is 0.0667. The van der Waals surface area contributed by atoms with Gasteiger partial charge in [0.25, 0.3) is 0 Å². The summed E-state index contributed by atoms with van der Waals surface area (Å²) in [6.07, 6.45) is 0. The molecule has 20 heavy (non-hydrogen) atoms. The number of halogens is 1. The predicted molar refractivity (Wildman–Crippen MR) is 69.1 cm³/mol. The summed E-state index contributed by atoms with van der Waals surface area (Å²) in [5, 5.41) is 8.78. The van der Waals surface area contributed by atoms with Gasteiger partial charge in [-0.1, -0.05) is 6.07 Å². The van der Waals surface area contributed by atoms with Gasteiger partial charge in [-0.15, -0.1) is 0 Å². The van der Waals surface area contributed by atoms with Gasteiger partial charge >= 0.3 is 5.97 Å². The lowest BCUT2D eigenvalue weighted by Crippen LogP contribution is -2.09. The van der Waals surface area contributed by atoms with Crippen LogP contribution >= 0.6 is 0 Å². The Labute approximate surface area is 115 Å². The van der Waals surface area contributed by atoms with Gasteiger partial charge < -0.3 is 9.47 Å². The lowest BCUT2D eigenvalue weighted by Gasteiger charge is -2.09. The fourth-order valence-electron chi connectivity index (χ4n) is 1.60. The summed E-state index contributed by atoms with van der Waals surface area (Å²) in [7, 11) is 1.40. The number of carbonyl (C=O) groups is 1. The second kappa shape index (κ2) is 5.85. The Bertz CT molecular complexity index is 692. The number of nitrogens with zero attached hydrogens (tertiary/aromatic N) is 1. The van der Waals surface area contributed by atoms with Crippen molar-refractivity contribution in [3.05, 3.63) is 59.4 Å². The van der Waals surface area contributed by atoms with E-state index in [0.717, 1.165) is 6.07 Å². The first-order valence-electron chi connectivity index (χ1n) is 5.70. The molecule has 4 nitrogen and oxygen atoms in total. The molecule has 0 aliphatic carbocycles. The number of rotatable bonds is 3. The van der Waals surface area contributed by atoms with E-state index in [1.807, 2.05) is 6.07 Å². The zero-order valence-corrected chi connectivity index (χ0v) is 10.6. The molecular weight excluding hydrogens is 261 g/mol. The minimum absolute atomic E-state index is 0.0939. The summed E-state index contributed by atoms with van der Waals surface area (Å²) in [5.74, 6) is -0.798. The lowest BCUT2D eigenvalue weighted by molar-refractivity contribution is 0.0729. The minimum atomic E-state index is -0.701. The molecule has 0 aromatic heterocycles. The van der Waals surface area contributed by atoms with E-state index in [-0.39, 0.29) is 17.1 Å². The van der Waals surface area contributed by atoms with Crippen LogP contribution in [0.4, 0.5) is 4.39 Å². The second-order valence-electron chi connectivity index (χ2n) is 3.88. The van der Waals surface area contributed by atoms with E-state index in [1.54, 1.807) is 0 Å². The summed E-state index contributed by atoms with van der Waals surface area (Å²) in [6, 6.07) is 11.5. The average Bonchev–Trinajstić information content (AvgIpc) is 2.47. The number of esters is 1. The highest BCUT2D eigenvalue weighted by Crippen LogP contribution is 2.28. The van der Waals surface area contributed by atoms with E-state index < -0.39 is 11.8 Å². The largest absolute Gasteiger partial charge is 0.493 e. The van der Waals surface area contributed by atoms with Crippen LogP contribution in [0.3, 0.4) is 0 Å². The second-order valence-corrected chi connectivity index (χ2v) is 3.88. The Morgan fingerprint density at radius 2 is 2.00 bits per heavy atom. The van der Waals surface area contributed by atoms with Gasteiger partial charge in [-0.25, -0.2) is 9.18 Å². The highest BCUT2D eigenvalue weighted by atomic mass is 19.1. The van der Waals surface area contributed by atoms with Crippen molar-refractivity contribution >= 4 is 5.97 Å². The van der Waals surface area contributed by atoms with Gasteiger partial charge in [-0.05, 0) is 30.3 Å². The number of carbonyl (C=O) groups excluding carboxylic acids is 1. The number of hydrogen-bond acceptors (Lipinski definition) is 4. The molecular formula is C15H10FNO3. The summed E-state index contributed by atoms with van der Waals surface area (Å²) < 4.78 is 23.2. The Kier molecular flexibility index (Phi) is 3.96. The van der Waals surface area contributed by atoms with Crippen LogP contribution in [0.25, 0.3) is 0 Å². The molecule has 2 aromatic carbocycles. The van der Waals surface area contributed by atoms with Crippen LogP contribution in [0, 0.1) is 17.1 Å². The SMILES string of the molecule is COc1cc(C#N)ccc1OC(=O)c1cccc(F)c1. The summed E-state index contributed by atoms with van der Waals surface area (Å²) in [4.78, 5) is 11.9. The molecule has 0 saturated heterocycles. The van der Waals surface area contributed by atoms with Gasteiger partial charge in [-0.2, -0.15) is 5.26 Å². The smallest absolute Gasteiger partial charge is 0.343 e.